The Morgan fingerprint density at radius 3 is 2.72 bits per heavy atom. The third-order valence-electron chi connectivity index (χ3n) is 4.81. The van der Waals surface area contributed by atoms with Crippen LogP contribution in [0.15, 0.2) is 36.5 Å². The van der Waals surface area contributed by atoms with E-state index in [9.17, 15) is 14.0 Å². The molecule has 1 N–H and O–H groups in total. The van der Waals surface area contributed by atoms with Crippen molar-refractivity contribution in [1.29, 1.82) is 0 Å². The van der Waals surface area contributed by atoms with E-state index in [1.807, 2.05) is 6.92 Å². The maximum Gasteiger partial charge on any atom is 0.339 e. The molecule has 1 saturated heterocycles. The van der Waals surface area contributed by atoms with E-state index in [1.165, 1.54) is 18.3 Å². The third kappa shape index (κ3) is 5.22. The van der Waals surface area contributed by atoms with Gasteiger partial charge in [0.1, 0.15) is 11.6 Å². The Labute approximate surface area is 169 Å². The molecular formula is C21H25FN4O3. The lowest BCUT2D eigenvalue weighted by molar-refractivity contribution is 0.0526. The van der Waals surface area contributed by atoms with Crippen LogP contribution < -0.4 is 10.2 Å². The van der Waals surface area contributed by atoms with Crippen LogP contribution in [0.5, 0.6) is 0 Å². The van der Waals surface area contributed by atoms with Crippen molar-refractivity contribution in [3.05, 3.63) is 53.5 Å². The van der Waals surface area contributed by atoms with Crippen molar-refractivity contribution in [2.45, 2.75) is 20.3 Å². The number of hydrogen-bond donors (Lipinski definition) is 1. The first-order chi connectivity index (χ1) is 14.0. The highest BCUT2D eigenvalue weighted by atomic mass is 19.1. The fourth-order valence-electron chi connectivity index (χ4n) is 3.18. The number of halogens is 1. The molecule has 7 nitrogen and oxygen atoms in total. The maximum absolute atomic E-state index is 13.5. The monoisotopic (exact) mass is 400 g/mol. The summed E-state index contributed by atoms with van der Waals surface area (Å²) >= 11 is 0. The predicted octanol–water partition coefficient (Wildman–Crippen LogP) is 3.45. The molecule has 1 aromatic carbocycles. The van der Waals surface area contributed by atoms with Crippen LogP contribution in [-0.4, -0.2) is 54.7 Å². The van der Waals surface area contributed by atoms with Crippen LogP contribution in [0, 0.1) is 12.7 Å². The Morgan fingerprint density at radius 2 is 2.00 bits per heavy atom. The minimum absolute atomic E-state index is 0.244. The summed E-state index contributed by atoms with van der Waals surface area (Å²) in [6.45, 7) is 6.37. The number of urea groups is 1. The molecule has 0 atom stereocenters. The summed E-state index contributed by atoms with van der Waals surface area (Å²) in [6.07, 6.45) is 2.28. The molecule has 0 unspecified atom stereocenters. The number of aromatic nitrogens is 1. The van der Waals surface area contributed by atoms with Gasteiger partial charge in [0, 0.05) is 38.1 Å². The number of anilines is 2. The van der Waals surface area contributed by atoms with Crippen molar-refractivity contribution < 1.29 is 18.7 Å². The zero-order valence-corrected chi connectivity index (χ0v) is 16.7. The van der Waals surface area contributed by atoms with Crippen molar-refractivity contribution >= 4 is 23.5 Å². The average molecular weight is 400 g/mol. The summed E-state index contributed by atoms with van der Waals surface area (Å²) in [5, 5.41) is 2.80. The normalized spacial score (nSPS) is 14.3. The number of nitrogens with one attached hydrogen (secondary N) is 1. The highest BCUT2D eigenvalue weighted by Crippen LogP contribution is 2.18. The van der Waals surface area contributed by atoms with E-state index < -0.39 is 5.97 Å². The summed E-state index contributed by atoms with van der Waals surface area (Å²) in [7, 11) is 0. The van der Waals surface area contributed by atoms with Crippen molar-refractivity contribution in [1.82, 2.24) is 9.88 Å². The van der Waals surface area contributed by atoms with Gasteiger partial charge in [0.2, 0.25) is 0 Å². The van der Waals surface area contributed by atoms with E-state index in [0.717, 1.165) is 24.3 Å². The topological polar surface area (TPSA) is 74.8 Å². The van der Waals surface area contributed by atoms with Gasteiger partial charge < -0.3 is 19.9 Å². The molecule has 3 rings (SSSR count). The van der Waals surface area contributed by atoms with Crippen LogP contribution in [0.4, 0.5) is 20.7 Å². The molecule has 0 bridgehead atoms. The number of amides is 2. The highest BCUT2D eigenvalue weighted by Gasteiger charge is 2.21. The molecule has 0 aliphatic carbocycles. The van der Waals surface area contributed by atoms with Crippen LogP contribution in [0.25, 0.3) is 0 Å². The molecule has 1 aliphatic rings. The van der Waals surface area contributed by atoms with Crippen LogP contribution in [0.1, 0.15) is 29.3 Å². The first kappa shape index (κ1) is 20.6. The first-order valence-electron chi connectivity index (χ1n) is 9.68. The zero-order chi connectivity index (χ0) is 20.8. The second kappa shape index (κ2) is 9.36. The van der Waals surface area contributed by atoms with E-state index in [1.54, 1.807) is 30.0 Å². The van der Waals surface area contributed by atoms with Gasteiger partial charge in [-0.1, -0.05) is 6.07 Å². The molecule has 1 fully saturated rings. The Kier molecular flexibility index (Phi) is 6.64. The van der Waals surface area contributed by atoms with Gasteiger partial charge in [-0.2, -0.15) is 0 Å². The molecule has 8 heteroatoms. The number of esters is 1. The molecular weight excluding hydrogens is 375 g/mol. The smallest absolute Gasteiger partial charge is 0.339 e. The number of ether oxygens (including phenoxy) is 1. The lowest BCUT2D eigenvalue weighted by Gasteiger charge is -2.23. The molecule has 0 radical (unpaired) electrons. The van der Waals surface area contributed by atoms with Crippen molar-refractivity contribution in [3.8, 4) is 0 Å². The van der Waals surface area contributed by atoms with Gasteiger partial charge in [-0.15, -0.1) is 0 Å². The molecule has 2 heterocycles. The van der Waals surface area contributed by atoms with E-state index in [2.05, 4.69) is 15.2 Å². The van der Waals surface area contributed by atoms with Crippen molar-refractivity contribution in [3.63, 3.8) is 0 Å². The Hall–Kier alpha value is -3.16. The van der Waals surface area contributed by atoms with Crippen LogP contribution in [0.3, 0.4) is 0 Å². The zero-order valence-electron chi connectivity index (χ0n) is 16.7. The van der Waals surface area contributed by atoms with E-state index in [0.29, 0.717) is 37.5 Å². The van der Waals surface area contributed by atoms with E-state index >= 15 is 0 Å². The van der Waals surface area contributed by atoms with E-state index in [4.69, 9.17) is 4.74 Å². The number of carbonyl (C=O) groups excluding carboxylic acids is 2. The molecule has 0 spiro atoms. The number of aryl methyl sites for hydroxylation is 1. The van der Waals surface area contributed by atoms with Gasteiger partial charge in [-0.25, -0.2) is 19.0 Å². The number of nitrogens with zero attached hydrogens (tertiary/aromatic N) is 3. The predicted molar refractivity (Wildman–Crippen MR) is 109 cm³/mol. The largest absolute Gasteiger partial charge is 0.462 e. The number of rotatable bonds is 4. The van der Waals surface area contributed by atoms with Gasteiger partial charge in [0.15, 0.2) is 0 Å². The van der Waals surface area contributed by atoms with Crippen molar-refractivity contribution in [2.75, 3.05) is 43.0 Å². The molecule has 2 aromatic rings. The molecule has 1 aliphatic heterocycles. The molecule has 0 saturated carbocycles. The fraction of sp³-hybridized carbons (Fsp3) is 0.381. The number of hydrogen-bond acceptors (Lipinski definition) is 5. The highest BCUT2D eigenvalue weighted by molar-refractivity contribution is 5.90. The van der Waals surface area contributed by atoms with Crippen molar-refractivity contribution in [2.24, 2.45) is 0 Å². The second-order valence-corrected chi connectivity index (χ2v) is 6.84. The van der Waals surface area contributed by atoms with Gasteiger partial charge in [0.05, 0.1) is 12.2 Å². The summed E-state index contributed by atoms with van der Waals surface area (Å²) in [4.78, 5) is 32.5. The van der Waals surface area contributed by atoms with Crippen LogP contribution in [0.2, 0.25) is 0 Å². The Morgan fingerprint density at radius 1 is 1.17 bits per heavy atom. The number of benzene rings is 1. The Bertz CT molecular complexity index is 873. The van der Waals surface area contributed by atoms with Crippen LogP contribution in [-0.2, 0) is 4.74 Å². The van der Waals surface area contributed by atoms with Crippen LogP contribution >= 0.6 is 0 Å². The van der Waals surface area contributed by atoms with E-state index in [-0.39, 0.29) is 11.8 Å². The fourth-order valence-corrected chi connectivity index (χ4v) is 3.18. The van der Waals surface area contributed by atoms with Gasteiger partial charge in [-0.05, 0) is 50.1 Å². The maximum atomic E-state index is 13.5. The summed E-state index contributed by atoms with van der Waals surface area (Å²) in [5.41, 5.74) is 1.70. The lowest BCUT2D eigenvalue weighted by Crippen LogP contribution is -2.38. The molecule has 2 amide bonds. The number of pyridine rings is 1. The standard InChI is InChI=1S/C21H25FN4O3/c1-3-29-20(27)16-6-8-19(23-14-16)25-9-4-10-26(12-11-25)21(28)24-18-13-17(22)7-5-15(18)2/h5-8,13-14H,3-4,9-12H2,1-2H3,(H,24,28). The first-order valence-corrected chi connectivity index (χ1v) is 9.68. The molecule has 154 valence electrons. The van der Waals surface area contributed by atoms with Gasteiger partial charge in [0.25, 0.3) is 0 Å². The minimum Gasteiger partial charge on any atom is -0.462 e. The lowest BCUT2D eigenvalue weighted by atomic mass is 10.2. The summed E-state index contributed by atoms with van der Waals surface area (Å²) in [6, 6.07) is 7.58. The average Bonchev–Trinajstić information content (AvgIpc) is 2.97. The molecule has 29 heavy (non-hydrogen) atoms. The number of carbonyl (C=O) groups is 2. The molecule has 1 aromatic heterocycles. The Balaban J connectivity index is 1.60. The quantitative estimate of drug-likeness (QED) is 0.796. The summed E-state index contributed by atoms with van der Waals surface area (Å²) < 4.78 is 18.4. The summed E-state index contributed by atoms with van der Waals surface area (Å²) in [5.74, 6) is -0.0236. The van der Waals surface area contributed by atoms with Gasteiger partial charge in [-0.3, -0.25) is 0 Å². The third-order valence-corrected chi connectivity index (χ3v) is 4.81. The minimum atomic E-state index is -0.391. The SMILES string of the molecule is CCOC(=O)c1ccc(N2CCCN(C(=O)Nc3cc(F)ccc3C)CC2)nc1. The van der Waals surface area contributed by atoms with Gasteiger partial charge >= 0.3 is 12.0 Å². The second-order valence-electron chi connectivity index (χ2n) is 6.84.